The van der Waals surface area contributed by atoms with Gasteiger partial charge in [0.2, 0.25) is 0 Å². The fraction of sp³-hybridized carbons (Fsp3) is 0.417. The Bertz CT molecular complexity index is 365. The number of benzene rings is 1. The maximum Gasteiger partial charge on any atom is 0.303 e. The molecule has 0 aromatic heterocycles. The maximum absolute atomic E-state index is 10.6. The number of ether oxygens (including phenoxy) is 1. The molecule has 0 aliphatic carbocycles. The number of aliphatic carboxylic acids is 1. The Kier molecular flexibility index (Phi) is 4.31. The second-order valence-electron chi connectivity index (χ2n) is 3.88. The van der Waals surface area contributed by atoms with Crippen LogP contribution in [0.1, 0.15) is 24.9 Å². The smallest absolute Gasteiger partial charge is 0.303 e. The molecule has 2 atom stereocenters. The Labute approximate surface area is 95.0 Å². The van der Waals surface area contributed by atoms with E-state index >= 15 is 0 Å². The van der Waals surface area contributed by atoms with Crippen molar-refractivity contribution in [2.24, 2.45) is 11.7 Å². The van der Waals surface area contributed by atoms with Gasteiger partial charge in [-0.3, -0.25) is 4.79 Å². The Morgan fingerprint density at radius 2 is 2.25 bits per heavy atom. The minimum Gasteiger partial charge on any atom is -0.497 e. The molecule has 3 N–H and O–H groups in total. The maximum atomic E-state index is 10.6. The lowest BCUT2D eigenvalue weighted by molar-refractivity contribution is -0.138. The lowest BCUT2D eigenvalue weighted by Crippen LogP contribution is -2.21. The fourth-order valence-electron chi connectivity index (χ4n) is 1.58. The highest BCUT2D eigenvalue weighted by atomic mass is 16.5. The molecule has 0 amide bonds. The molecule has 1 rings (SSSR count). The molecule has 0 heterocycles. The molecule has 0 radical (unpaired) electrons. The van der Waals surface area contributed by atoms with Gasteiger partial charge in [0.05, 0.1) is 7.11 Å². The summed E-state index contributed by atoms with van der Waals surface area (Å²) >= 11 is 0. The molecule has 0 aliphatic rings. The van der Waals surface area contributed by atoms with Gasteiger partial charge in [-0.15, -0.1) is 0 Å². The molecule has 0 saturated heterocycles. The first-order valence-corrected chi connectivity index (χ1v) is 5.16. The third kappa shape index (κ3) is 3.24. The minimum absolute atomic E-state index is 0.0678. The van der Waals surface area contributed by atoms with E-state index in [0.29, 0.717) is 0 Å². The molecule has 2 unspecified atom stereocenters. The van der Waals surface area contributed by atoms with Gasteiger partial charge in [-0.05, 0) is 23.6 Å². The molecule has 16 heavy (non-hydrogen) atoms. The van der Waals surface area contributed by atoms with Crippen LogP contribution in [-0.4, -0.2) is 18.2 Å². The number of carboxylic acids is 1. The van der Waals surface area contributed by atoms with Gasteiger partial charge in [0.25, 0.3) is 0 Å². The van der Waals surface area contributed by atoms with Gasteiger partial charge in [0.1, 0.15) is 5.75 Å². The third-order valence-electron chi connectivity index (χ3n) is 2.59. The van der Waals surface area contributed by atoms with Crippen LogP contribution in [-0.2, 0) is 4.79 Å². The second kappa shape index (κ2) is 5.51. The predicted octanol–water partition coefficient (Wildman–Crippen LogP) is 1.81. The molecular formula is C12H17NO3. The van der Waals surface area contributed by atoms with Crippen molar-refractivity contribution < 1.29 is 14.6 Å². The first-order chi connectivity index (χ1) is 7.54. The van der Waals surface area contributed by atoms with Gasteiger partial charge >= 0.3 is 5.97 Å². The lowest BCUT2D eigenvalue weighted by Gasteiger charge is -2.19. The van der Waals surface area contributed by atoms with Crippen molar-refractivity contribution in [2.75, 3.05) is 7.11 Å². The van der Waals surface area contributed by atoms with Crippen LogP contribution in [0.3, 0.4) is 0 Å². The van der Waals surface area contributed by atoms with Gasteiger partial charge < -0.3 is 15.6 Å². The van der Waals surface area contributed by atoms with E-state index < -0.39 is 5.97 Å². The molecule has 88 valence electrons. The van der Waals surface area contributed by atoms with E-state index in [-0.39, 0.29) is 18.4 Å². The van der Waals surface area contributed by atoms with Gasteiger partial charge in [-0.1, -0.05) is 19.1 Å². The van der Waals surface area contributed by atoms with E-state index in [2.05, 4.69) is 0 Å². The molecule has 4 heteroatoms. The normalized spacial score (nSPS) is 14.2. The lowest BCUT2D eigenvalue weighted by atomic mass is 9.93. The van der Waals surface area contributed by atoms with Crippen molar-refractivity contribution in [1.82, 2.24) is 0 Å². The van der Waals surface area contributed by atoms with Crippen LogP contribution in [0.15, 0.2) is 24.3 Å². The van der Waals surface area contributed by atoms with Gasteiger partial charge in [-0.2, -0.15) is 0 Å². The number of carboxylic acid groups (broad SMARTS) is 1. The third-order valence-corrected chi connectivity index (χ3v) is 2.59. The zero-order chi connectivity index (χ0) is 12.1. The molecule has 0 aliphatic heterocycles. The average Bonchev–Trinajstić information content (AvgIpc) is 2.27. The van der Waals surface area contributed by atoms with Crippen LogP contribution >= 0.6 is 0 Å². The molecule has 0 spiro atoms. The summed E-state index contributed by atoms with van der Waals surface area (Å²) in [5, 5.41) is 8.70. The van der Waals surface area contributed by atoms with E-state index in [9.17, 15) is 4.79 Å². The molecule has 0 fully saturated rings. The van der Waals surface area contributed by atoms with E-state index in [1.54, 1.807) is 7.11 Å². The topological polar surface area (TPSA) is 72.5 Å². The summed E-state index contributed by atoms with van der Waals surface area (Å²) in [6, 6.07) is 7.11. The van der Waals surface area contributed by atoms with Crippen LogP contribution in [0.2, 0.25) is 0 Å². The number of carbonyl (C=O) groups is 1. The Morgan fingerprint density at radius 1 is 1.56 bits per heavy atom. The molecule has 0 bridgehead atoms. The van der Waals surface area contributed by atoms with Crippen LogP contribution in [0.25, 0.3) is 0 Å². The zero-order valence-corrected chi connectivity index (χ0v) is 9.51. The number of methoxy groups -OCH3 is 1. The summed E-state index contributed by atoms with van der Waals surface area (Å²) in [6.45, 7) is 1.83. The first-order valence-electron chi connectivity index (χ1n) is 5.16. The van der Waals surface area contributed by atoms with Crippen LogP contribution in [0.5, 0.6) is 5.75 Å². The van der Waals surface area contributed by atoms with E-state index in [4.69, 9.17) is 15.6 Å². The van der Waals surface area contributed by atoms with Crippen LogP contribution in [0, 0.1) is 5.92 Å². The predicted molar refractivity (Wildman–Crippen MR) is 61.3 cm³/mol. The summed E-state index contributed by atoms with van der Waals surface area (Å²) < 4.78 is 5.09. The van der Waals surface area contributed by atoms with Gasteiger partial charge in [0.15, 0.2) is 0 Å². The number of rotatable bonds is 5. The van der Waals surface area contributed by atoms with Crippen LogP contribution < -0.4 is 10.5 Å². The minimum atomic E-state index is -0.828. The summed E-state index contributed by atoms with van der Waals surface area (Å²) in [5.74, 6) is -0.203. The molecule has 1 aromatic carbocycles. The molecule has 1 aromatic rings. The highest BCUT2D eigenvalue weighted by Gasteiger charge is 2.18. The summed E-state index contributed by atoms with van der Waals surface area (Å²) in [4.78, 5) is 10.6. The van der Waals surface area contributed by atoms with E-state index in [1.165, 1.54) is 0 Å². The molecule has 4 nitrogen and oxygen atoms in total. The van der Waals surface area contributed by atoms with Crippen molar-refractivity contribution in [3.63, 3.8) is 0 Å². The highest BCUT2D eigenvalue weighted by molar-refractivity contribution is 5.67. The van der Waals surface area contributed by atoms with Gasteiger partial charge in [0, 0.05) is 12.5 Å². The average molecular weight is 223 g/mol. The monoisotopic (exact) mass is 223 g/mol. The second-order valence-corrected chi connectivity index (χ2v) is 3.88. The summed E-state index contributed by atoms with van der Waals surface area (Å²) in [7, 11) is 1.59. The van der Waals surface area contributed by atoms with Crippen molar-refractivity contribution in [3.05, 3.63) is 29.8 Å². The number of nitrogens with two attached hydrogens (primary N) is 1. The highest BCUT2D eigenvalue weighted by Crippen LogP contribution is 2.24. The van der Waals surface area contributed by atoms with Crippen molar-refractivity contribution in [3.8, 4) is 5.75 Å². The first kappa shape index (κ1) is 12.5. The quantitative estimate of drug-likeness (QED) is 0.798. The molecular weight excluding hydrogens is 206 g/mol. The SMILES string of the molecule is COc1cccc(C(N)C(C)CC(=O)O)c1. The molecule has 0 saturated carbocycles. The van der Waals surface area contributed by atoms with Crippen molar-refractivity contribution >= 4 is 5.97 Å². The Balaban J connectivity index is 2.78. The summed E-state index contributed by atoms with van der Waals surface area (Å²) in [5.41, 5.74) is 6.89. The Morgan fingerprint density at radius 3 is 2.81 bits per heavy atom. The van der Waals surface area contributed by atoms with Gasteiger partial charge in [-0.25, -0.2) is 0 Å². The van der Waals surface area contributed by atoms with E-state index in [1.807, 2.05) is 31.2 Å². The van der Waals surface area contributed by atoms with Crippen molar-refractivity contribution in [2.45, 2.75) is 19.4 Å². The summed E-state index contributed by atoms with van der Waals surface area (Å²) in [6.07, 6.45) is 0.0678. The zero-order valence-electron chi connectivity index (χ0n) is 9.51. The Hall–Kier alpha value is -1.55. The standard InChI is InChI=1S/C12H17NO3/c1-8(6-11(14)15)12(13)9-4-3-5-10(7-9)16-2/h3-5,7-8,12H,6,13H2,1-2H3,(H,14,15). The van der Waals surface area contributed by atoms with E-state index in [0.717, 1.165) is 11.3 Å². The van der Waals surface area contributed by atoms with Crippen molar-refractivity contribution in [1.29, 1.82) is 0 Å². The number of hydrogen-bond donors (Lipinski definition) is 2. The van der Waals surface area contributed by atoms with Crippen LogP contribution in [0.4, 0.5) is 0 Å². The fourth-order valence-corrected chi connectivity index (χ4v) is 1.58. The largest absolute Gasteiger partial charge is 0.497 e. The number of hydrogen-bond acceptors (Lipinski definition) is 3.